The second-order valence-electron chi connectivity index (χ2n) is 5.66. The zero-order valence-corrected chi connectivity index (χ0v) is 15.8. The average molecular weight is 397 g/mol. The highest BCUT2D eigenvalue weighted by atomic mass is 16.5. The van der Waals surface area contributed by atoms with Crippen LogP contribution in [0, 0.1) is 0 Å². The monoisotopic (exact) mass is 397 g/mol. The van der Waals surface area contributed by atoms with Gasteiger partial charge in [0.05, 0.1) is 26.1 Å². The third-order valence-electron chi connectivity index (χ3n) is 3.73. The normalized spacial score (nSPS) is 10.7. The third-order valence-corrected chi connectivity index (χ3v) is 3.73. The highest BCUT2D eigenvalue weighted by Crippen LogP contribution is 2.36. The minimum Gasteiger partial charge on any atom is -0.502 e. The number of hydrogen-bond donors (Lipinski definition) is 2. The molecule has 0 unspecified atom stereocenters. The van der Waals surface area contributed by atoms with Crippen LogP contribution >= 0.6 is 0 Å². The number of methoxy groups -OCH3 is 2. The standard InChI is InChI=1S/C19H19N5O5/c1-27-15-8-13(9-16(28-2)18(15)26)10-21-22-17(25)11-29-19-20-12-24(23-19)14-6-4-3-5-7-14/h3-10,12,26H,11H2,1-2H3,(H,22,25)/b21-10+. The lowest BCUT2D eigenvalue weighted by atomic mass is 10.2. The molecule has 150 valence electrons. The predicted octanol–water partition coefficient (Wildman–Crippen LogP) is 1.52. The number of aromatic hydroxyl groups is 1. The molecule has 1 heterocycles. The second-order valence-corrected chi connectivity index (χ2v) is 5.66. The molecule has 0 radical (unpaired) electrons. The number of benzene rings is 2. The van der Waals surface area contributed by atoms with Gasteiger partial charge in [-0.25, -0.2) is 10.1 Å². The Morgan fingerprint density at radius 3 is 2.55 bits per heavy atom. The van der Waals surface area contributed by atoms with Crippen molar-refractivity contribution in [2.45, 2.75) is 0 Å². The van der Waals surface area contributed by atoms with Gasteiger partial charge in [-0.05, 0) is 24.3 Å². The lowest BCUT2D eigenvalue weighted by Gasteiger charge is -2.09. The molecule has 0 aliphatic carbocycles. The summed E-state index contributed by atoms with van der Waals surface area (Å²) in [5.41, 5.74) is 3.71. The van der Waals surface area contributed by atoms with Gasteiger partial charge in [-0.3, -0.25) is 4.79 Å². The lowest BCUT2D eigenvalue weighted by molar-refractivity contribution is -0.123. The molecule has 0 spiro atoms. The van der Waals surface area contributed by atoms with Crippen molar-refractivity contribution < 1.29 is 24.1 Å². The van der Waals surface area contributed by atoms with Crippen molar-refractivity contribution in [2.75, 3.05) is 20.8 Å². The van der Waals surface area contributed by atoms with Gasteiger partial charge in [-0.15, -0.1) is 5.10 Å². The Hall–Kier alpha value is -4.08. The van der Waals surface area contributed by atoms with Gasteiger partial charge in [0.1, 0.15) is 6.33 Å². The number of carbonyl (C=O) groups is 1. The maximum absolute atomic E-state index is 11.9. The van der Waals surface area contributed by atoms with E-state index in [1.807, 2.05) is 30.3 Å². The number of rotatable bonds is 8. The molecule has 3 aromatic rings. The number of ether oxygens (including phenoxy) is 3. The topological polar surface area (TPSA) is 120 Å². The molecule has 0 atom stereocenters. The van der Waals surface area contributed by atoms with Crippen LogP contribution < -0.4 is 19.6 Å². The largest absolute Gasteiger partial charge is 0.502 e. The highest BCUT2D eigenvalue weighted by Gasteiger charge is 2.10. The van der Waals surface area contributed by atoms with Crippen LogP contribution in [0.2, 0.25) is 0 Å². The fourth-order valence-electron chi connectivity index (χ4n) is 2.35. The van der Waals surface area contributed by atoms with E-state index in [4.69, 9.17) is 14.2 Å². The van der Waals surface area contributed by atoms with Gasteiger partial charge in [0.25, 0.3) is 5.91 Å². The number of para-hydroxylation sites is 1. The molecule has 10 nitrogen and oxygen atoms in total. The van der Waals surface area contributed by atoms with Crippen LogP contribution in [0.15, 0.2) is 53.9 Å². The van der Waals surface area contributed by atoms with Crippen LogP contribution in [0.1, 0.15) is 5.56 Å². The number of carbonyl (C=O) groups excluding carboxylic acids is 1. The maximum Gasteiger partial charge on any atom is 0.336 e. The number of nitrogens with one attached hydrogen (secondary N) is 1. The first-order valence-corrected chi connectivity index (χ1v) is 8.47. The molecule has 0 fully saturated rings. The van der Waals surface area contributed by atoms with E-state index in [2.05, 4.69) is 20.6 Å². The van der Waals surface area contributed by atoms with E-state index in [0.29, 0.717) is 5.56 Å². The number of aromatic nitrogens is 3. The van der Waals surface area contributed by atoms with Gasteiger partial charge in [0.15, 0.2) is 18.1 Å². The number of amides is 1. The van der Waals surface area contributed by atoms with Crippen LogP contribution in [0.5, 0.6) is 23.3 Å². The molecular weight excluding hydrogens is 378 g/mol. The summed E-state index contributed by atoms with van der Waals surface area (Å²) in [5.74, 6) is -0.164. The molecule has 3 rings (SSSR count). The van der Waals surface area contributed by atoms with E-state index in [9.17, 15) is 9.90 Å². The van der Waals surface area contributed by atoms with E-state index in [0.717, 1.165) is 5.69 Å². The van der Waals surface area contributed by atoms with Crippen LogP contribution in [0.4, 0.5) is 0 Å². The number of nitrogens with zero attached hydrogens (tertiary/aromatic N) is 4. The van der Waals surface area contributed by atoms with Crippen LogP contribution in [0.3, 0.4) is 0 Å². The Morgan fingerprint density at radius 1 is 1.21 bits per heavy atom. The molecule has 0 aliphatic rings. The maximum atomic E-state index is 11.9. The zero-order chi connectivity index (χ0) is 20.6. The van der Waals surface area contributed by atoms with Crippen molar-refractivity contribution in [1.29, 1.82) is 0 Å². The lowest BCUT2D eigenvalue weighted by Crippen LogP contribution is -2.24. The van der Waals surface area contributed by atoms with Crippen molar-refractivity contribution >= 4 is 12.1 Å². The first-order valence-electron chi connectivity index (χ1n) is 8.47. The molecule has 0 saturated heterocycles. The Kier molecular flexibility index (Phi) is 6.25. The van der Waals surface area contributed by atoms with Crippen LogP contribution in [-0.2, 0) is 4.79 Å². The molecule has 0 saturated carbocycles. The van der Waals surface area contributed by atoms with Crippen molar-refractivity contribution in [3.63, 3.8) is 0 Å². The van der Waals surface area contributed by atoms with Gasteiger partial charge in [0, 0.05) is 5.56 Å². The molecule has 10 heteroatoms. The summed E-state index contributed by atoms with van der Waals surface area (Å²) in [7, 11) is 2.84. The molecule has 0 bridgehead atoms. The predicted molar refractivity (Wildman–Crippen MR) is 104 cm³/mol. The summed E-state index contributed by atoms with van der Waals surface area (Å²) in [6.07, 6.45) is 2.87. The SMILES string of the molecule is COc1cc(/C=N/NC(=O)COc2ncn(-c3ccccc3)n2)cc(OC)c1O. The van der Waals surface area contributed by atoms with Crippen LogP contribution in [-0.4, -0.2) is 52.8 Å². The van der Waals surface area contributed by atoms with Crippen LogP contribution in [0.25, 0.3) is 5.69 Å². The summed E-state index contributed by atoms with van der Waals surface area (Å²) in [6, 6.07) is 12.5. The zero-order valence-electron chi connectivity index (χ0n) is 15.8. The molecule has 1 aromatic heterocycles. The minimum absolute atomic E-state index is 0.0704. The Morgan fingerprint density at radius 2 is 1.90 bits per heavy atom. The summed E-state index contributed by atoms with van der Waals surface area (Å²) in [6.45, 7) is -0.307. The molecule has 2 aromatic carbocycles. The summed E-state index contributed by atoms with van der Waals surface area (Å²) < 4.78 is 16.9. The van der Waals surface area contributed by atoms with Crippen molar-refractivity contribution in [2.24, 2.45) is 5.10 Å². The van der Waals surface area contributed by atoms with E-state index < -0.39 is 5.91 Å². The van der Waals surface area contributed by atoms with E-state index >= 15 is 0 Å². The summed E-state index contributed by atoms with van der Waals surface area (Å²) >= 11 is 0. The molecule has 1 amide bonds. The van der Waals surface area contributed by atoms with Gasteiger partial charge < -0.3 is 19.3 Å². The van der Waals surface area contributed by atoms with Crippen molar-refractivity contribution in [3.8, 4) is 28.9 Å². The first kappa shape index (κ1) is 19.7. The van der Waals surface area contributed by atoms with E-state index in [-0.39, 0.29) is 29.9 Å². The minimum atomic E-state index is -0.491. The van der Waals surface area contributed by atoms with Gasteiger partial charge >= 0.3 is 6.01 Å². The number of hydrogen-bond acceptors (Lipinski definition) is 8. The molecular formula is C19H19N5O5. The van der Waals surface area contributed by atoms with Gasteiger partial charge in [-0.1, -0.05) is 18.2 Å². The number of hydrazone groups is 1. The number of phenols is 1. The second kappa shape index (κ2) is 9.22. The van der Waals surface area contributed by atoms with E-state index in [1.54, 1.807) is 12.1 Å². The van der Waals surface area contributed by atoms with Gasteiger partial charge in [0.2, 0.25) is 5.75 Å². The fourth-order valence-corrected chi connectivity index (χ4v) is 2.35. The average Bonchev–Trinajstić information content (AvgIpc) is 3.23. The summed E-state index contributed by atoms with van der Waals surface area (Å²) in [4.78, 5) is 15.9. The first-order chi connectivity index (χ1) is 14.1. The third kappa shape index (κ3) is 5.01. The van der Waals surface area contributed by atoms with Gasteiger partial charge in [-0.2, -0.15) is 10.1 Å². The fraction of sp³-hybridized carbons (Fsp3) is 0.158. The summed E-state index contributed by atoms with van der Waals surface area (Å²) in [5, 5.41) is 17.9. The molecule has 0 aliphatic heterocycles. The Bertz CT molecular complexity index is 978. The quantitative estimate of drug-likeness (QED) is 0.437. The van der Waals surface area contributed by atoms with E-state index in [1.165, 1.54) is 31.4 Å². The van der Waals surface area contributed by atoms with Crippen molar-refractivity contribution in [3.05, 3.63) is 54.4 Å². The Balaban J connectivity index is 1.53. The Labute approximate surface area is 166 Å². The number of phenolic OH excluding ortho intramolecular Hbond substituents is 1. The highest BCUT2D eigenvalue weighted by molar-refractivity contribution is 5.84. The molecule has 29 heavy (non-hydrogen) atoms. The van der Waals surface area contributed by atoms with Crippen molar-refractivity contribution in [1.82, 2.24) is 20.2 Å². The molecule has 2 N–H and O–H groups in total. The smallest absolute Gasteiger partial charge is 0.336 e.